The Bertz CT molecular complexity index is 502. The topological polar surface area (TPSA) is 66.4 Å². The van der Waals surface area contributed by atoms with E-state index in [1.165, 1.54) is 6.07 Å². The Morgan fingerprint density at radius 1 is 1.37 bits per heavy atom. The number of thioether (sulfide) groups is 1. The molecule has 0 radical (unpaired) electrons. The van der Waals surface area contributed by atoms with E-state index in [9.17, 15) is 22.8 Å². The van der Waals surface area contributed by atoms with E-state index >= 15 is 0 Å². The summed E-state index contributed by atoms with van der Waals surface area (Å²) in [4.78, 5) is 21.9. The third kappa shape index (κ3) is 4.16. The number of halogens is 3. The van der Waals surface area contributed by atoms with Crippen molar-refractivity contribution in [2.45, 2.75) is 18.0 Å². The van der Waals surface area contributed by atoms with E-state index in [2.05, 4.69) is 0 Å². The van der Waals surface area contributed by atoms with Gasteiger partial charge in [0.2, 0.25) is 0 Å². The fourth-order valence-corrected chi connectivity index (χ4v) is 2.02. The number of alkyl halides is 3. The summed E-state index contributed by atoms with van der Waals surface area (Å²) in [6.45, 7) is 1.76. The van der Waals surface area contributed by atoms with E-state index in [-0.39, 0.29) is 16.1 Å². The molecule has 0 atom stereocenters. The van der Waals surface area contributed by atoms with Gasteiger partial charge in [-0.15, -0.1) is 11.8 Å². The molecule has 0 aliphatic rings. The molecule has 0 aromatic heterocycles. The van der Waals surface area contributed by atoms with Crippen molar-refractivity contribution in [1.29, 1.82) is 0 Å². The van der Waals surface area contributed by atoms with Crippen molar-refractivity contribution in [3.63, 3.8) is 0 Å². The summed E-state index contributed by atoms with van der Waals surface area (Å²) in [6, 6.07) is 3.50. The maximum atomic E-state index is 12.1. The Morgan fingerprint density at radius 2 is 2.00 bits per heavy atom. The molecule has 0 aliphatic carbocycles. The lowest BCUT2D eigenvalue weighted by Gasteiger charge is -2.12. The number of amides is 1. The minimum atomic E-state index is -4.99. The quantitative estimate of drug-likeness (QED) is 0.837. The second kappa shape index (κ2) is 5.96. The second-order valence-electron chi connectivity index (χ2n) is 3.40. The lowest BCUT2D eigenvalue weighted by atomic mass is 10.2. The van der Waals surface area contributed by atoms with Crippen molar-refractivity contribution in [2.24, 2.45) is 0 Å². The van der Waals surface area contributed by atoms with Crippen LogP contribution in [0.2, 0.25) is 0 Å². The van der Waals surface area contributed by atoms with Crippen molar-refractivity contribution >= 4 is 29.3 Å². The SMILES string of the molecule is CCSc1cc(C(=O)O)ccc1NC(=O)C(F)(F)F. The van der Waals surface area contributed by atoms with Crippen LogP contribution in [0.3, 0.4) is 0 Å². The average molecular weight is 293 g/mol. The fourth-order valence-electron chi connectivity index (χ4n) is 1.23. The van der Waals surface area contributed by atoms with Crippen molar-refractivity contribution in [3.05, 3.63) is 23.8 Å². The number of hydrogen-bond donors (Lipinski definition) is 2. The van der Waals surface area contributed by atoms with E-state index in [0.29, 0.717) is 5.75 Å². The molecule has 1 aromatic rings. The van der Waals surface area contributed by atoms with Crippen molar-refractivity contribution in [3.8, 4) is 0 Å². The van der Waals surface area contributed by atoms with Crippen LogP contribution >= 0.6 is 11.8 Å². The summed E-state index contributed by atoms with van der Waals surface area (Å²) in [5, 5.41) is 10.5. The lowest BCUT2D eigenvalue weighted by molar-refractivity contribution is -0.167. The normalized spacial score (nSPS) is 11.2. The molecule has 0 bridgehead atoms. The van der Waals surface area contributed by atoms with E-state index in [0.717, 1.165) is 23.9 Å². The number of nitrogens with one attached hydrogen (secondary N) is 1. The summed E-state index contributed by atoms with van der Waals surface area (Å²) < 4.78 is 36.4. The van der Waals surface area contributed by atoms with Crippen LogP contribution in [0.1, 0.15) is 17.3 Å². The van der Waals surface area contributed by atoms with Gasteiger partial charge in [-0.2, -0.15) is 13.2 Å². The van der Waals surface area contributed by atoms with Crippen molar-refractivity contribution in [1.82, 2.24) is 0 Å². The van der Waals surface area contributed by atoms with Gasteiger partial charge < -0.3 is 10.4 Å². The second-order valence-corrected chi connectivity index (χ2v) is 4.71. The zero-order valence-corrected chi connectivity index (χ0v) is 10.6. The van der Waals surface area contributed by atoms with Crippen LogP contribution in [0.4, 0.5) is 18.9 Å². The Balaban J connectivity index is 3.06. The van der Waals surface area contributed by atoms with E-state index in [4.69, 9.17) is 5.11 Å². The van der Waals surface area contributed by atoms with Gasteiger partial charge in [-0.3, -0.25) is 4.79 Å². The molecule has 19 heavy (non-hydrogen) atoms. The van der Waals surface area contributed by atoms with Gasteiger partial charge in [0.1, 0.15) is 0 Å². The Morgan fingerprint density at radius 3 is 2.47 bits per heavy atom. The van der Waals surface area contributed by atoms with Crippen LogP contribution in [0.25, 0.3) is 0 Å². The predicted octanol–water partition coefficient (Wildman–Crippen LogP) is 3.00. The van der Waals surface area contributed by atoms with Gasteiger partial charge in [0.15, 0.2) is 0 Å². The van der Waals surface area contributed by atoms with Crippen molar-refractivity contribution in [2.75, 3.05) is 11.1 Å². The molecule has 0 saturated heterocycles. The Labute approximate surface area is 111 Å². The first-order valence-corrected chi connectivity index (χ1v) is 6.12. The molecule has 1 aromatic carbocycles. The number of hydrogen-bond acceptors (Lipinski definition) is 3. The minimum absolute atomic E-state index is 0.0547. The van der Waals surface area contributed by atoms with Crippen LogP contribution in [0.5, 0.6) is 0 Å². The molecule has 0 unspecified atom stereocenters. The highest BCUT2D eigenvalue weighted by Gasteiger charge is 2.39. The first-order chi connectivity index (χ1) is 8.75. The van der Waals surface area contributed by atoms with Gasteiger partial charge in [0.25, 0.3) is 0 Å². The third-order valence-electron chi connectivity index (χ3n) is 2.03. The Kier molecular flexibility index (Phi) is 4.82. The number of carbonyl (C=O) groups is 2. The minimum Gasteiger partial charge on any atom is -0.478 e. The number of aromatic carboxylic acids is 1. The summed E-state index contributed by atoms with van der Waals surface area (Å²) in [5.41, 5.74) is -0.111. The largest absolute Gasteiger partial charge is 0.478 e. The number of carbonyl (C=O) groups excluding carboxylic acids is 1. The molecule has 0 aliphatic heterocycles. The number of carboxylic acids is 1. The van der Waals surface area contributed by atoms with E-state index in [1.54, 1.807) is 12.2 Å². The maximum absolute atomic E-state index is 12.1. The molecule has 8 heteroatoms. The van der Waals surface area contributed by atoms with Crippen LogP contribution in [0, 0.1) is 0 Å². The molecule has 0 fully saturated rings. The first kappa shape index (κ1) is 15.4. The molecule has 0 heterocycles. The van der Waals surface area contributed by atoms with Crippen molar-refractivity contribution < 1.29 is 27.9 Å². The monoisotopic (exact) mass is 293 g/mol. The fraction of sp³-hybridized carbons (Fsp3) is 0.273. The van der Waals surface area contributed by atoms with Crippen LogP contribution in [-0.4, -0.2) is 28.9 Å². The first-order valence-electron chi connectivity index (χ1n) is 5.14. The summed E-state index contributed by atoms with van der Waals surface area (Å²) >= 11 is 1.14. The molecule has 104 valence electrons. The highest BCUT2D eigenvalue weighted by atomic mass is 32.2. The molecule has 2 N–H and O–H groups in total. The van der Waals surface area contributed by atoms with Gasteiger partial charge in [-0.05, 0) is 24.0 Å². The highest BCUT2D eigenvalue weighted by Crippen LogP contribution is 2.29. The lowest BCUT2D eigenvalue weighted by Crippen LogP contribution is -2.30. The molecule has 0 spiro atoms. The number of rotatable bonds is 4. The zero-order valence-electron chi connectivity index (χ0n) is 9.75. The summed E-state index contributed by atoms with van der Waals surface area (Å²) in [5.74, 6) is -2.75. The van der Waals surface area contributed by atoms with Gasteiger partial charge >= 0.3 is 18.1 Å². The van der Waals surface area contributed by atoms with E-state index in [1.807, 2.05) is 0 Å². The number of benzene rings is 1. The molecular weight excluding hydrogens is 283 g/mol. The summed E-state index contributed by atoms with van der Waals surface area (Å²) in [7, 11) is 0. The smallest absolute Gasteiger partial charge is 0.471 e. The van der Waals surface area contributed by atoms with Gasteiger partial charge in [0, 0.05) is 4.90 Å². The van der Waals surface area contributed by atoms with Gasteiger partial charge in [-0.25, -0.2) is 4.79 Å². The Hall–Kier alpha value is -1.70. The van der Waals surface area contributed by atoms with E-state index < -0.39 is 18.1 Å². The average Bonchev–Trinajstić information content (AvgIpc) is 2.30. The van der Waals surface area contributed by atoms with Crippen LogP contribution < -0.4 is 5.32 Å². The number of carboxylic acid groups (broad SMARTS) is 1. The molecular formula is C11H10F3NO3S. The molecule has 4 nitrogen and oxygen atoms in total. The predicted molar refractivity (Wildman–Crippen MR) is 64.5 cm³/mol. The highest BCUT2D eigenvalue weighted by molar-refractivity contribution is 7.99. The maximum Gasteiger partial charge on any atom is 0.471 e. The van der Waals surface area contributed by atoms with Crippen LogP contribution in [-0.2, 0) is 4.79 Å². The third-order valence-corrected chi connectivity index (χ3v) is 2.97. The zero-order chi connectivity index (χ0) is 14.6. The molecule has 1 amide bonds. The van der Waals surface area contributed by atoms with Gasteiger partial charge in [0.05, 0.1) is 11.3 Å². The standard InChI is InChI=1S/C11H10F3NO3S/c1-2-19-8-5-6(9(16)17)3-4-7(8)15-10(18)11(12,13)14/h3-5H,2H2,1H3,(H,15,18)(H,16,17). The molecule has 0 saturated carbocycles. The van der Waals surface area contributed by atoms with Crippen LogP contribution in [0.15, 0.2) is 23.1 Å². The number of anilines is 1. The summed E-state index contributed by atoms with van der Waals surface area (Å²) in [6.07, 6.45) is -4.99. The van der Waals surface area contributed by atoms with Gasteiger partial charge in [-0.1, -0.05) is 6.92 Å². The molecule has 1 rings (SSSR count).